The summed E-state index contributed by atoms with van der Waals surface area (Å²) in [4.78, 5) is 10.4. The standard InChI is InChI=1S/C6H10O5S/c7-6(8)4-1-2-5(3-4)12(9,10)11/h4-5H,1-3H2,(H,7,8)(H,9,10,11). The maximum absolute atomic E-state index is 10.6. The van der Waals surface area contributed by atoms with Crippen molar-refractivity contribution in [3.05, 3.63) is 0 Å². The first kappa shape index (κ1) is 9.47. The van der Waals surface area contributed by atoms with Crippen LogP contribution >= 0.6 is 0 Å². The minimum Gasteiger partial charge on any atom is -0.481 e. The van der Waals surface area contributed by atoms with E-state index in [1.807, 2.05) is 0 Å². The van der Waals surface area contributed by atoms with Crippen molar-refractivity contribution in [3.63, 3.8) is 0 Å². The molecule has 6 heteroatoms. The first-order valence-electron chi connectivity index (χ1n) is 3.60. The molecule has 2 atom stereocenters. The van der Waals surface area contributed by atoms with E-state index in [4.69, 9.17) is 9.66 Å². The fraction of sp³-hybridized carbons (Fsp3) is 0.833. The summed E-state index contributed by atoms with van der Waals surface area (Å²) >= 11 is 0. The van der Waals surface area contributed by atoms with Gasteiger partial charge in [-0.2, -0.15) is 8.42 Å². The largest absolute Gasteiger partial charge is 0.481 e. The summed E-state index contributed by atoms with van der Waals surface area (Å²) in [5.41, 5.74) is 0. The Morgan fingerprint density at radius 1 is 1.33 bits per heavy atom. The molecule has 0 aromatic heterocycles. The number of carboxylic acids is 1. The molecule has 0 aliphatic heterocycles. The predicted octanol–water partition coefficient (Wildman–Crippen LogP) is 0.127. The smallest absolute Gasteiger partial charge is 0.306 e. The number of carboxylic acid groups (broad SMARTS) is 1. The van der Waals surface area contributed by atoms with Gasteiger partial charge < -0.3 is 5.11 Å². The maximum atomic E-state index is 10.6. The second kappa shape index (κ2) is 3.02. The molecule has 0 spiro atoms. The fourth-order valence-corrected chi connectivity index (χ4v) is 2.34. The molecule has 70 valence electrons. The summed E-state index contributed by atoms with van der Waals surface area (Å²) in [7, 11) is -4.03. The summed E-state index contributed by atoms with van der Waals surface area (Å²) < 4.78 is 29.7. The molecule has 1 aliphatic rings. The average Bonchev–Trinajstić information content (AvgIpc) is 2.30. The van der Waals surface area contributed by atoms with Gasteiger partial charge in [0.25, 0.3) is 10.1 Å². The van der Waals surface area contributed by atoms with E-state index < -0.39 is 27.3 Å². The lowest BCUT2D eigenvalue weighted by Gasteiger charge is -2.03. The zero-order valence-corrected chi connectivity index (χ0v) is 7.12. The molecule has 12 heavy (non-hydrogen) atoms. The molecule has 1 saturated carbocycles. The molecule has 0 radical (unpaired) electrons. The van der Waals surface area contributed by atoms with Crippen molar-refractivity contribution in [1.82, 2.24) is 0 Å². The zero-order chi connectivity index (χ0) is 9.35. The SMILES string of the molecule is O=C(O)C1CCC(S(=O)(=O)O)C1. The Hall–Kier alpha value is -0.620. The lowest BCUT2D eigenvalue weighted by Crippen LogP contribution is -2.18. The molecule has 5 nitrogen and oxygen atoms in total. The molecule has 1 rings (SSSR count). The highest BCUT2D eigenvalue weighted by Crippen LogP contribution is 2.29. The van der Waals surface area contributed by atoms with Gasteiger partial charge in [-0.05, 0) is 19.3 Å². The predicted molar refractivity (Wildman–Crippen MR) is 40.3 cm³/mol. The van der Waals surface area contributed by atoms with E-state index in [1.165, 1.54) is 0 Å². The van der Waals surface area contributed by atoms with Gasteiger partial charge in [0.05, 0.1) is 11.2 Å². The third-order valence-corrected chi connectivity index (χ3v) is 3.43. The molecule has 2 unspecified atom stereocenters. The Morgan fingerprint density at radius 3 is 2.17 bits per heavy atom. The Kier molecular flexibility index (Phi) is 2.39. The van der Waals surface area contributed by atoms with Crippen LogP contribution in [-0.2, 0) is 14.9 Å². The van der Waals surface area contributed by atoms with Crippen LogP contribution < -0.4 is 0 Å². The Balaban J connectivity index is 2.64. The Morgan fingerprint density at radius 2 is 1.92 bits per heavy atom. The Bertz CT molecular complexity index is 280. The first-order valence-corrected chi connectivity index (χ1v) is 5.10. The molecule has 0 saturated heterocycles. The van der Waals surface area contributed by atoms with Gasteiger partial charge in [-0.1, -0.05) is 0 Å². The van der Waals surface area contributed by atoms with Gasteiger partial charge in [-0.25, -0.2) is 0 Å². The molecule has 2 N–H and O–H groups in total. The average molecular weight is 194 g/mol. The number of carbonyl (C=O) groups is 1. The van der Waals surface area contributed by atoms with E-state index in [1.54, 1.807) is 0 Å². The van der Waals surface area contributed by atoms with Crippen LogP contribution in [0.25, 0.3) is 0 Å². The van der Waals surface area contributed by atoms with Crippen molar-refractivity contribution in [2.24, 2.45) is 5.92 Å². The van der Waals surface area contributed by atoms with E-state index in [0.717, 1.165) is 0 Å². The number of hydrogen-bond donors (Lipinski definition) is 2. The molecule has 0 aromatic rings. The van der Waals surface area contributed by atoms with Crippen molar-refractivity contribution >= 4 is 16.1 Å². The van der Waals surface area contributed by atoms with Crippen molar-refractivity contribution in [1.29, 1.82) is 0 Å². The topological polar surface area (TPSA) is 91.7 Å². The summed E-state index contributed by atoms with van der Waals surface area (Å²) in [5.74, 6) is -1.60. The highest BCUT2D eigenvalue weighted by Gasteiger charge is 2.36. The number of rotatable bonds is 2. The quantitative estimate of drug-likeness (QED) is 0.609. The van der Waals surface area contributed by atoms with Crippen molar-refractivity contribution < 1.29 is 22.9 Å². The first-order chi connectivity index (χ1) is 5.41. The molecule has 0 bridgehead atoms. The third kappa shape index (κ3) is 1.95. The van der Waals surface area contributed by atoms with Crippen molar-refractivity contribution in [2.45, 2.75) is 24.5 Å². The highest BCUT2D eigenvalue weighted by molar-refractivity contribution is 7.86. The monoisotopic (exact) mass is 194 g/mol. The molecule has 1 aliphatic carbocycles. The van der Waals surface area contributed by atoms with Crippen LogP contribution in [0.5, 0.6) is 0 Å². The minimum absolute atomic E-state index is 0.0359. The summed E-state index contributed by atoms with van der Waals surface area (Å²) in [6.07, 6.45) is 0.615. The normalized spacial score (nSPS) is 30.4. The van der Waals surface area contributed by atoms with E-state index in [0.29, 0.717) is 6.42 Å². The van der Waals surface area contributed by atoms with Crippen LogP contribution in [0.3, 0.4) is 0 Å². The number of hydrogen-bond acceptors (Lipinski definition) is 3. The lowest BCUT2D eigenvalue weighted by molar-refractivity contribution is -0.141. The molecule has 1 fully saturated rings. The molecule has 0 aromatic carbocycles. The van der Waals surface area contributed by atoms with Crippen LogP contribution in [-0.4, -0.2) is 29.3 Å². The lowest BCUT2D eigenvalue weighted by atomic mass is 10.1. The molecule has 0 heterocycles. The summed E-state index contributed by atoms with van der Waals surface area (Å²) in [6, 6.07) is 0. The van der Waals surface area contributed by atoms with Crippen LogP contribution in [0.1, 0.15) is 19.3 Å². The van der Waals surface area contributed by atoms with Gasteiger partial charge >= 0.3 is 5.97 Å². The minimum atomic E-state index is -4.03. The maximum Gasteiger partial charge on any atom is 0.306 e. The Labute approximate surface area is 70.1 Å². The second-order valence-electron chi connectivity index (χ2n) is 2.99. The molecule has 0 amide bonds. The third-order valence-electron chi connectivity index (χ3n) is 2.15. The van der Waals surface area contributed by atoms with Gasteiger partial charge in [0.2, 0.25) is 0 Å². The van der Waals surface area contributed by atoms with E-state index in [9.17, 15) is 13.2 Å². The van der Waals surface area contributed by atoms with Crippen molar-refractivity contribution in [3.8, 4) is 0 Å². The second-order valence-corrected chi connectivity index (χ2v) is 4.68. The van der Waals surface area contributed by atoms with E-state index in [-0.39, 0.29) is 12.8 Å². The van der Waals surface area contributed by atoms with Crippen LogP contribution in [0.15, 0.2) is 0 Å². The van der Waals surface area contributed by atoms with E-state index in [2.05, 4.69) is 0 Å². The van der Waals surface area contributed by atoms with Gasteiger partial charge in [0.1, 0.15) is 0 Å². The summed E-state index contributed by atoms with van der Waals surface area (Å²) in [5, 5.41) is 7.64. The van der Waals surface area contributed by atoms with Crippen LogP contribution in [0.4, 0.5) is 0 Å². The van der Waals surface area contributed by atoms with Gasteiger partial charge in [0, 0.05) is 0 Å². The van der Waals surface area contributed by atoms with Crippen LogP contribution in [0.2, 0.25) is 0 Å². The van der Waals surface area contributed by atoms with Crippen LogP contribution in [0, 0.1) is 5.92 Å². The zero-order valence-electron chi connectivity index (χ0n) is 6.30. The van der Waals surface area contributed by atoms with E-state index >= 15 is 0 Å². The van der Waals surface area contributed by atoms with Gasteiger partial charge in [-0.3, -0.25) is 9.35 Å². The molecular formula is C6H10O5S. The summed E-state index contributed by atoms with van der Waals surface area (Å²) in [6.45, 7) is 0. The number of aliphatic carboxylic acids is 1. The highest BCUT2D eigenvalue weighted by atomic mass is 32.2. The fourth-order valence-electron chi connectivity index (χ4n) is 1.43. The van der Waals surface area contributed by atoms with Crippen molar-refractivity contribution in [2.75, 3.05) is 0 Å². The van der Waals surface area contributed by atoms with Gasteiger partial charge in [-0.15, -0.1) is 0 Å². The molecular weight excluding hydrogens is 184 g/mol. The van der Waals surface area contributed by atoms with Gasteiger partial charge in [0.15, 0.2) is 0 Å².